The van der Waals surface area contributed by atoms with Crippen molar-refractivity contribution >= 4 is 35.2 Å². The van der Waals surface area contributed by atoms with Gasteiger partial charge in [-0.2, -0.15) is 0 Å². The number of pyridine rings is 1. The molecule has 1 aromatic carbocycles. The summed E-state index contributed by atoms with van der Waals surface area (Å²) in [4.78, 5) is 42.7. The summed E-state index contributed by atoms with van der Waals surface area (Å²) in [5.74, 6) is 0.706. The number of nitrogens with zero attached hydrogens (tertiary/aromatic N) is 2. The van der Waals surface area contributed by atoms with E-state index < -0.39 is 11.7 Å². The molecular weight excluding hydrogens is 555 g/mol. The zero-order valence-corrected chi connectivity index (χ0v) is 24.6. The highest BCUT2D eigenvalue weighted by Crippen LogP contribution is 2.40. The first-order valence-corrected chi connectivity index (χ1v) is 14.0. The van der Waals surface area contributed by atoms with Gasteiger partial charge >= 0.3 is 6.09 Å². The summed E-state index contributed by atoms with van der Waals surface area (Å²) in [7, 11) is 0. The van der Waals surface area contributed by atoms with Crippen LogP contribution < -0.4 is 16.2 Å². The fraction of sp³-hybridized carbons (Fsp3) is 0.448. The maximum absolute atomic E-state index is 13.2. The number of hydrogen-bond donors (Lipinski definition) is 2. The second kappa shape index (κ2) is 12.5. The molecule has 0 atom stereocenters. The average Bonchev–Trinajstić information content (AvgIpc) is 3.66. The predicted molar refractivity (Wildman–Crippen MR) is 153 cm³/mol. The first-order valence-electron chi connectivity index (χ1n) is 13.2. The molecule has 214 valence electrons. The number of ether oxygens (including phenoxy) is 1. The average molecular weight is 590 g/mol. The Kier molecular flexibility index (Phi) is 9.26. The Morgan fingerprint density at radius 2 is 1.85 bits per heavy atom. The van der Waals surface area contributed by atoms with E-state index in [0.29, 0.717) is 41.1 Å². The normalized spacial score (nSPS) is 13.2. The molecule has 3 aromatic rings. The van der Waals surface area contributed by atoms with Crippen LogP contribution in [0.4, 0.5) is 4.79 Å². The predicted octanol–water partition coefficient (Wildman–Crippen LogP) is 5.46. The van der Waals surface area contributed by atoms with Crippen LogP contribution in [0.5, 0.6) is 0 Å². The molecule has 0 unspecified atom stereocenters. The van der Waals surface area contributed by atoms with Gasteiger partial charge in [0.1, 0.15) is 11.3 Å². The fourth-order valence-electron chi connectivity index (χ4n) is 4.17. The van der Waals surface area contributed by atoms with Crippen LogP contribution in [0.3, 0.4) is 0 Å². The van der Waals surface area contributed by atoms with Crippen LogP contribution in [-0.4, -0.2) is 27.2 Å². The van der Waals surface area contributed by atoms with Crippen molar-refractivity contribution in [3.05, 3.63) is 84.9 Å². The second-order valence-electron chi connectivity index (χ2n) is 11.0. The highest BCUT2D eigenvalue weighted by Gasteiger charge is 2.30. The molecule has 40 heavy (non-hydrogen) atoms. The quantitative estimate of drug-likeness (QED) is 0.325. The third-order valence-electron chi connectivity index (χ3n) is 6.49. The number of carbonyl (C=O) groups excluding carboxylic acids is 2. The molecule has 11 heteroatoms. The third kappa shape index (κ3) is 8.11. The van der Waals surface area contributed by atoms with Crippen molar-refractivity contribution in [2.24, 2.45) is 0 Å². The Morgan fingerprint density at radius 3 is 2.55 bits per heavy atom. The van der Waals surface area contributed by atoms with Crippen LogP contribution in [-0.2, 0) is 42.0 Å². The molecule has 9 nitrogen and oxygen atoms in total. The molecule has 2 amide bonds. The van der Waals surface area contributed by atoms with Gasteiger partial charge in [-0.15, -0.1) is 0 Å². The first-order chi connectivity index (χ1) is 18.9. The Labute approximate surface area is 243 Å². The van der Waals surface area contributed by atoms with Crippen molar-refractivity contribution < 1.29 is 18.7 Å². The van der Waals surface area contributed by atoms with Crippen LogP contribution >= 0.6 is 23.2 Å². The highest BCUT2D eigenvalue weighted by atomic mass is 35.5. The molecule has 1 fully saturated rings. The molecule has 4 rings (SSSR count). The maximum Gasteiger partial charge on any atom is 0.407 e. The number of benzene rings is 1. The summed E-state index contributed by atoms with van der Waals surface area (Å²) in [6.07, 6.45) is 3.65. The smallest absolute Gasteiger partial charge is 0.407 e. The van der Waals surface area contributed by atoms with E-state index in [2.05, 4.69) is 15.6 Å². The molecule has 2 aromatic heterocycles. The highest BCUT2D eigenvalue weighted by molar-refractivity contribution is 6.30. The minimum absolute atomic E-state index is 0.0753. The summed E-state index contributed by atoms with van der Waals surface area (Å²) >= 11 is 12.4. The number of oxazole rings is 1. The van der Waals surface area contributed by atoms with Crippen LogP contribution in [0.15, 0.2) is 39.7 Å². The number of aryl methyl sites for hydroxylation is 3. The number of amides is 2. The molecular formula is C29H34Cl2N4O5. The lowest BCUT2D eigenvalue weighted by molar-refractivity contribution is -0.120. The number of nitrogens with one attached hydrogen (secondary N) is 2. The lowest BCUT2D eigenvalue weighted by atomic mass is 10.1. The van der Waals surface area contributed by atoms with Gasteiger partial charge in [-0.25, -0.2) is 9.78 Å². The minimum atomic E-state index is -0.613. The van der Waals surface area contributed by atoms with Gasteiger partial charge in [0.2, 0.25) is 11.1 Å². The lowest BCUT2D eigenvalue weighted by Crippen LogP contribution is -2.33. The van der Waals surface area contributed by atoms with Crippen LogP contribution in [0.1, 0.15) is 73.4 Å². The molecule has 0 aliphatic heterocycles. The third-order valence-corrected chi connectivity index (χ3v) is 7.02. The van der Waals surface area contributed by atoms with Gasteiger partial charge in [0.05, 0.1) is 6.42 Å². The largest absolute Gasteiger partial charge is 0.444 e. The van der Waals surface area contributed by atoms with Crippen molar-refractivity contribution in [1.82, 2.24) is 20.2 Å². The summed E-state index contributed by atoms with van der Waals surface area (Å²) in [5.41, 5.74) is 2.47. The van der Waals surface area contributed by atoms with Crippen molar-refractivity contribution in [1.29, 1.82) is 0 Å². The van der Waals surface area contributed by atoms with E-state index in [1.807, 2.05) is 13.0 Å². The molecule has 0 saturated heterocycles. The molecule has 0 spiro atoms. The topological polar surface area (TPSA) is 115 Å². The number of rotatable bonds is 10. The van der Waals surface area contributed by atoms with Crippen molar-refractivity contribution in [3.8, 4) is 0 Å². The number of aromatic nitrogens is 2. The molecule has 0 radical (unpaired) electrons. The Bertz CT molecular complexity index is 1450. The zero-order valence-electron chi connectivity index (χ0n) is 23.1. The standard InChI is InChI=1S/C29H34Cl2N4O5/c1-17-9-11-35(12-10-23-25(31)39-26(34-23)18-5-6-18)27(37)22(17)14-24(36)32-16-20-13-21(30)8-7-19(20)15-33-28(38)40-29(2,3)4/h7-9,11,13,18H,5-6,10,12,14-16H2,1-4H3,(H,32,36)(H,33,38). The number of hydrogen-bond acceptors (Lipinski definition) is 6. The Morgan fingerprint density at radius 1 is 1.12 bits per heavy atom. The molecule has 0 bridgehead atoms. The van der Waals surface area contributed by atoms with E-state index >= 15 is 0 Å². The van der Waals surface area contributed by atoms with Gasteiger partial charge in [0.15, 0.2) is 5.89 Å². The SMILES string of the molecule is Cc1ccn(CCc2nc(C3CC3)oc2Cl)c(=O)c1CC(=O)NCc1cc(Cl)ccc1CNC(=O)OC(C)(C)C. The van der Waals surface area contributed by atoms with Gasteiger partial charge in [0.25, 0.3) is 5.56 Å². The zero-order chi connectivity index (χ0) is 29.0. The summed E-state index contributed by atoms with van der Waals surface area (Å²) < 4.78 is 12.4. The van der Waals surface area contributed by atoms with E-state index in [4.69, 9.17) is 32.4 Å². The molecule has 1 aliphatic rings. The van der Waals surface area contributed by atoms with Gasteiger partial charge in [-0.3, -0.25) is 9.59 Å². The van der Waals surface area contributed by atoms with E-state index in [1.54, 1.807) is 49.7 Å². The summed E-state index contributed by atoms with van der Waals surface area (Å²) in [5, 5.41) is 6.36. The molecule has 1 aliphatic carbocycles. The van der Waals surface area contributed by atoms with Crippen LogP contribution in [0, 0.1) is 6.92 Å². The summed E-state index contributed by atoms with van der Waals surface area (Å²) in [6, 6.07) is 7.06. The fourth-order valence-corrected chi connectivity index (χ4v) is 4.58. The number of halogens is 2. The second-order valence-corrected chi connectivity index (χ2v) is 11.8. The van der Waals surface area contributed by atoms with E-state index in [0.717, 1.165) is 29.5 Å². The lowest BCUT2D eigenvalue weighted by Gasteiger charge is -2.20. The van der Waals surface area contributed by atoms with Crippen molar-refractivity contribution in [2.45, 2.75) is 84.5 Å². The van der Waals surface area contributed by atoms with E-state index in [1.165, 1.54) is 0 Å². The molecule has 2 N–H and O–H groups in total. The van der Waals surface area contributed by atoms with Crippen molar-refractivity contribution in [2.75, 3.05) is 0 Å². The number of carbonyl (C=O) groups is 2. The monoisotopic (exact) mass is 588 g/mol. The maximum atomic E-state index is 13.2. The summed E-state index contributed by atoms with van der Waals surface area (Å²) in [6.45, 7) is 7.92. The van der Waals surface area contributed by atoms with Gasteiger partial charge in [-0.05, 0) is 87.0 Å². The van der Waals surface area contributed by atoms with E-state index in [9.17, 15) is 14.4 Å². The van der Waals surface area contributed by atoms with Crippen LogP contribution in [0.2, 0.25) is 10.2 Å². The van der Waals surface area contributed by atoms with Crippen molar-refractivity contribution in [3.63, 3.8) is 0 Å². The molecule has 2 heterocycles. The number of alkyl carbamates (subject to hydrolysis) is 1. The molecule has 1 saturated carbocycles. The van der Waals surface area contributed by atoms with Crippen LogP contribution in [0.25, 0.3) is 0 Å². The Balaban J connectivity index is 1.37. The first kappa shape index (κ1) is 29.7. The van der Waals surface area contributed by atoms with Gasteiger partial charge < -0.3 is 24.4 Å². The van der Waals surface area contributed by atoms with Gasteiger partial charge in [0, 0.05) is 48.8 Å². The Hall–Kier alpha value is -3.30. The minimum Gasteiger partial charge on any atom is -0.444 e. The van der Waals surface area contributed by atoms with E-state index in [-0.39, 0.29) is 36.2 Å². The van der Waals surface area contributed by atoms with Gasteiger partial charge in [-0.1, -0.05) is 17.7 Å².